The van der Waals surface area contributed by atoms with Gasteiger partial charge in [-0.15, -0.1) is 0 Å². The number of carbonyl (C=O) groups is 1. The first-order valence-corrected chi connectivity index (χ1v) is 8.50. The minimum absolute atomic E-state index is 0.161. The van der Waals surface area contributed by atoms with Crippen molar-refractivity contribution in [2.75, 3.05) is 0 Å². The van der Waals surface area contributed by atoms with Crippen LogP contribution in [-0.2, 0) is 9.05 Å². The van der Waals surface area contributed by atoms with Crippen molar-refractivity contribution in [1.82, 2.24) is 0 Å². The number of benzene rings is 2. The van der Waals surface area contributed by atoms with Gasteiger partial charge in [-0.05, 0) is 31.2 Å². The number of ether oxygens (including phenoxy) is 1. The monoisotopic (exact) mass is 344 g/mol. The molecule has 0 radical (unpaired) electrons. The van der Waals surface area contributed by atoms with Crippen LogP contribution >= 0.6 is 22.3 Å². The van der Waals surface area contributed by atoms with E-state index in [0.717, 1.165) is 0 Å². The molecule has 0 saturated heterocycles. The van der Waals surface area contributed by atoms with Crippen molar-refractivity contribution in [1.29, 1.82) is 0 Å². The molecule has 0 fully saturated rings. The SMILES string of the molecule is Cc1c(Cl)ccc(S(=O)(=O)Cl)c1OC(=O)c1ccccc1. The molecular weight excluding hydrogens is 335 g/mol. The fourth-order valence-electron chi connectivity index (χ4n) is 1.69. The van der Waals surface area contributed by atoms with Crippen molar-refractivity contribution in [3.63, 3.8) is 0 Å². The molecule has 2 aromatic carbocycles. The molecule has 7 heteroatoms. The van der Waals surface area contributed by atoms with Gasteiger partial charge in [0.05, 0.1) is 5.56 Å². The Morgan fingerprint density at radius 3 is 2.29 bits per heavy atom. The molecule has 0 atom stereocenters. The van der Waals surface area contributed by atoms with Crippen LogP contribution in [0.2, 0.25) is 5.02 Å². The third-order valence-corrected chi connectivity index (χ3v) is 4.53. The predicted octanol–water partition coefficient (Wildman–Crippen LogP) is 3.80. The van der Waals surface area contributed by atoms with Gasteiger partial charge in [0.15, 0.2) is 5.75 Å². The van der Waals surface area contributed by atoms with E-state index in [1.165, 1.54) is 12.1 Å². The molecule has 0 unspecified atom stereocenters. The average molecular weight is 345 g/mol. The van der Waals surface area contributed by atoms with Gasteiger partial charge in [-0.25, -0.2) is 13.2 Å². The number of hydrogen-bond acceptors (Lipinski definition) is 4. The van der Waals surface area contributed by atoms with Crippen molar-refractivity contribution in [3.05, 3.63) is 58.6 Å². The summed E-state index contributed by atoms with van der Waals surface area (Å²) in [7, 11) is 1.29. The molecule has 0 amide bonds. The number of esters is 1. The summed E-state index contributed by atoms with van der Waals surface area (Å²) in [6.45, 7) is 1.54. The summed E-state index contributed by atoms with van der Waals surface area (Å²) in [6.07, 6.45) is 0. The van der Waals surface area contributed by atoms with Crippen molar-refractivity contribution >= 4 is 37.3 Å². The second-order valence-corrected chi connectivity index (χ2v) is 7.13. The Morgan fingerprint density at radius 2 is 1.71 bits per heavy atom. The highest BCUT2D eigenvalue weighted by Gasteiger charge is 2.23. The number of halogens is 2. The Morgan fingerprint density at radius 1 is 1.10 bits per heavy atom. The van der Waals surface area contributed by atoms with Crippen LogP contribution in [0.15, 0.2) is 47.4 Å². The lowest BCUT2D eigenvalue weighted by Gasteiger charge is -2.12. The summed E-state index contributed by atoms with van der Waals surface area (Å²) in [5.41, 5.74) is 0.609. The van der Waals surface area contributed by atoms with Crippen molar-refractivity contribution < 1.29 is 17.9 Å². The predicted molar refractivity (Wildman–Crippen MR) is 80.6 cm³/mol. The third-order valence-electron chi connectivity index (χ3n) is 2.77. The lowest BCUT2D eigenvalue weighted by molar-refractivity contribution is 0.0729. The van der Waals surface area contributed by atoms with Gasteiger partial charge in [0, 0.05) is 21.3 Å². The molecule has 0 aliphatic heterocycles. The van der Waals surface area contributed by atoms with Crippen LogP contribution in [0, 0.1) is 6.92 Å². The van der Waals surface area contributed by atoms with Gasteiger partial charge < -0.3 is 4.74 Å². The molecular formula is C14H10Cl2O4S. The Bertz CT molecular complexity index is 786. The fourth-order valence-corrected chi connectivity index (χ4v) is 2.85. The van der Waals surface area contributed by atoms with Gasteiger partial charge in [0.25, 0.3) is 9.05 Å². The first-order valence-electron chi connectivity index (χ1n) is 5.81. The Kier molecular flexibility index (Phi) is 4.56. The molecule has 0 aromatic heterocycles. The van der Waals surface area contributed by atoms with Crippen LogP contribution in [0.3, 0.4) is 0 Å². The van der Waals surface area contributed by atoms with E-state index in [4.69, 9.17) is 27.0 Å². The zero-order valence-corrected chi connectivity index (χ0v) is 13.2. The lowest BCUT2D eigenvalue weighted by Crippen LogP contribution is -2.11. The van der Waals surface area contributed by atoms with Crippen LogP contribution in [-0.4, -0.2) is 14.4 Å². The van der Waals surface area contributed by atoms with E-state index >= 15 is 0 Å². The second-order valence-electron chi connectivity index (χ2n) is 4.19. The highest BCUT2D eigenvalue weighted by molar-refractivity contribution is 8.13. The molecule has 2 aromatic rings. The minimum atomic E-state index is -4.06. The number of carbonyl (C=O) groups excluding carboxylic acids is 1. The van der Waals surface area contributed by atoms with E-state index in [1.54, 1.807) is 37.3 Å². The second kappa shape index (κ2) is 6.05. The fraction of sp³-hybridized carbons (Fsp3) is 0.0714. The first-order chi connectivity index (χ1) is 9.80. The zero-order valence-electron chi connectivity index (χ0n) is 10.8. The largest absolute Gasteiger partial charge is 0.421 e. The van der Waals surface area contributed by atoms with Gasteiger partial charge >= 0.3 is 5.97 Å². The molecule has 0 N–H and O–H groups in total. The summed E-state index contributed by atoms with van der Waals surface area (Å²) in [5.74, 6) is -0.853. The molecule has 0 aliphatic carbocycles. The summed E-state index contributed by atoms with van der Waals surface area (Å²) in [5, 5.41) is 0.273. The van der Waals surface area contributed by atoms with Crippen molar-refractivity contribution in [2.45, 2.75) is 11.8 Å². The van der Waals surface area contributed by atoms with Gasteiger partial charge in [-0.1, -0.05) is 29.8 Å². The van der Waals surface area contributed by atoms with Gasteiger partial charge in [-0.3, -0.25) is 0 Å². The Balaban J connectivity index is 2.49. The number of hydrogen-bond donors (Lipinski definition) is 0. The smallest absolute Gasteiger partial charge is 0.343 e. The molecule has 0 saturated carbocycles. The summed E-state index contributed by atoms with van der Waals surface area (Å²) in [6, 6.07) is 10.8. The summed E-state index contributed by atoms with van der Waals surface area (Å²) >= 11 is 5.94. The van der Waals surface area contributed by atoms with Crippen LogP contribution in [0.1, 0.15) is 15.9 Å². The maximum Gasteiger partial charge on any atom is 0.343 e. The van der Waals surface area contributed by atoms with Crippen LogP contribution < -0.4 is 4.74 Å². The molecule has 0 bridgehead atoms. The van der Waals surface area contributed by atoms with E-state index in [1.807, 2.05) is 0 Å². The average Bonchev–Trinajstić information content (AvgIpc) is 2.43. The van der Waals surface area contributed by atoms with E-state index in [-0.39, 0.29) is 21.2 Å². The van der Waals surface area contributed by atoms with E-state index in [0.29, 0.717) is 5.56 Å². The van der Waals surface area contributed by atoms with Crippen LogP contribution in [0.4, 0.5) is 0 Å². The molecule has 0 spiro atoms. The topological polar surface area (TPSA) is 60.4 Å². The molecule has 2 rings (SSSR count). The number of rotatable bonds is 3. The minimum Gasteiger partial charge on any atom is -0.421 e. The van der Waals surface area contributed by atoms with Crippen LogP contribution in [0.5, 0.6) is 5.75 Å². The standard InChI is InChI=1S/C14H10Cl2O4S/c1-9-11(15)7-8-12(21(16,18)19)13(9)20-14(17)10-5-3-2-4-6-10/h2-8H,1H3. The van der Waals surface area contributed by atoms with Crippen molar-refractivity contribution in [3.8, 4) is 5.75 Å². The zero-order chi connectivity index (χ0) is 15.6. The van der Waals surface area contributed by atoms with E-state index in [9.17, 15) is 13.2 Å². The van der Waals surface area contributed by atoms with E-state index < -0.39 is 15.0 Å². The molecule has 0 heterocycles. The molecule has 21 heavy (non-hydrogen) atoms. The van der Waals surface area contributed by atoms with Gasteiger partial charge in [0.2, 0.25) is 0 Å². The molecule has 0 aliphatic rings. The summed E-state index contributed by atoms with van der Waals surface area (Å²) in [4.78, 5) is 11.8. The molecule has 110 valence electrons. The molecule has 4 nitrogen and oxygen atoms in total. The van der Waals surface area contributed by atoms with Gasteiger partial charge in [-0.2, -0.15) is 0 Å². The maximum atomic E-state index is 12.1. The van der Waals surface area contributed by atoms with Gasteiger partial charge in [0.1, 0.15) is 4.90 Å². The first kappa shape index (κ1) is 15.8. The highest BCUT2D eigenvalue weighted by atomic mass is 35.7. The Labute approximate surface area is 131 Å². The lowest BCUT2D eigenvalue weighted by atomic mass is 10.2. The highest BCUT2D eigenvalue weighted by Crippen LogP contribution is 2.35. The van der Waals surface area contributed by atoms with E-state index in [2.05, 4.69) is 0 Å². The summed E-state index contributed by atoms with van der Waals surface area (Å²) < 4.78 is 28.3. The van der Waals surface area contributed by atoms with Crippen LogP contribution in [0.25, 0.3) is 0 Å². The normalized spacial score (nSPS) is 11.2. The van der Waals surface area contributed by atoms with Crippen molar-refractivity contribution in [2.24, 2.45) is 0 Å². The quantitative estimate of drug-likeness (QED) is 0.482. The maximum absolute atomic E-state index is 12.1. The Hall–Kier alpha value is -1.56. The third kappa shape index (κ3) is 3.56.